The average molecular weight is 372 g/mol. The molecule has 0 radical (unpaired) electrons. The molecule has 1 aliphatic rings. The summed E-state index contributed by atoms with van der Waals surface area (Å²) in [4.78, 5) is 24.3. The number of carbonyl (C=O) groups is 2. The minimum atomic E-state index is -0.450. The van der Waals surface area contributed by atoms with Gasteiger partial charge in [-0.2, -0.15) is 0 Å². The van der Waals surface area contributed by atoms with Gasteiger partial charge in [0, 0.05) is 12.5 Å². The van der Waals surface area contributed by atoms with Crippen molar-refractivity contribution in [2.24, 2.45) is 0 Å². The molecule has 1 aliphatic heterocycles. The Kier molecular flexibility index (Phi) is 5.80. The maximum absolute atomic E-state index is 12.3. The minimum absolute atomic E-state index is 0.159. The molecule has 2 aromatic carbocycles. The van der Waals surface area contributed by atoms with Crippen LogP contribution in [-0.4, -0.2) is 39.4 Å². The molecular weight excluding hydrogens is 352 g/mol. The molecule has 27 heavy (non-hydrogen) atoms. The van der Waals surface area contributed by atoms with Crippen LogP contribution in [0, 0.1) is 0 Å². The lowest BCUT2D eigenvalue weighted by molar-refractivity contribution is -0.142. The number of fused-ring (bicyclic) bond motifs is 1. The quantitative estimate of drug-likeness (QED) is 0.521. The van der Waals surface area contributed by atoms with Crippen molar-refractivity contribution < 1.29 is 33.3 Å². The summed E-state index contributed by atoms with van der Waals surface area (Å²) in [6.07, 6.45) is 0.641. The van der Waals surface area contributed by atoms with Crippen LogP contribution < -0.4 is 18.9 Å². The van der Waals surface area contributed by atoms with Crippen molar-refractivity contribution in [1.82, 2.24) is 0 Å². The molecule has 1 heterocycles. The molecule has 0 saturated carbocycles. The molecule has 3 rings (SSSR count). The molecule has 0 aromatic heterocycles. The van der Waals surface area contributed by atoms with E-state index in [2.05, 4.69) is 0 Å². The predicted molar refractivity (Wildman–Crippen MR) is 95.7 cm³/mol. The fourth-order valence-corrected chi connectivity index (χ4v) is 2.67. The lowest BCUT2D eigenvalue weighted by Crippen LogP contribution is -2.15. The molecular formula is C20H20O7. The summed E-state index contributed by atoms with van der Waals surface area (Å²) in [5.74, 6) is 1.52. The first-order valence-corrected chi connectivity index (χ1v) is 8.40. The van der Waals surface area contributed by atoms with Crippen LogP contribution in [0.2, 0.25) is 0 Å². The second-order valence-electron chi connectivity index (χ2n) is 5.84. The van der Waals surface area contributed by atoms with Crippen LogP contribution in [0.4, 0.5) is 0 Å². The van der Waals surface area contributed by atoms with Crippen molar-refractivity contribution in [3.8, 4) is 23.0 Å². The SMILES string of the molecule is COc1ccc(C(=O)COC(=O)CCc2ccc3c(c2)OCO3)c(OC)c1. The Bertz CT molecular complexity index is 844. The highest BCUT2D eigenvalue weighted by molar-refractivity contribution is 6.00. The van der Waals surface area contributed by atoms with E-state index >= 15 is 0 Å². The van der Waals surface area contributed by atoms with Gasteiger partial charge >= 0.3 is 5.97 Å². The smallest absolute Gasteiger partial charge is 0.306 e. The summed E-state index contributed by atoms with van der Waals surface area (Å²) in [7, 11) is 2.99. The number of methoxy groups -OCH3 is 2. The van der Waals surface area contributed by atoms with Crippen LogP contribution in [0.1, 0.15) is 22.3 Å². The fourth-order valence-electron chi connectivity index (χ4n) is 2.67. The number of esters is 1. The number of carbonyl (C=O) groups excluding carboxylic acids is 2. The molecule has 0 spiro atoms. The highest BCUT2D eigenvalue weighted by atomic mass is 16.7. The summed E-state index contributed by atoms with van der Waals surface area (Å²) in [5, 5.41) is 0. The van der Waals surface area contributed by atoms with E-state index in [0.29, 0.717) is 35.0 Å². The third-order valence-electron chi connectivity index (χ3n) is 4.13. The molecule has 0 amide bonds. The Labute approximate surface area is 156 Å². The van der Waals surface area contributed by atoms with Crippen LogP contribution >= 0.6 is 0 Å². The Hall–Kier alpha value is -3.22. The monoisotopic (exact) mass is 372 g/mol. The highest BCUT2D eigenvalue weighted by Crippen LogP contribution is 2.32. The number of Topliss-reactive ketones (excluding diaryl/α,β-unsaturated/α-hetero) is 1. The standard InChI is InChI=1S/C20H20O7/c1-23-14-5-6-15(18(10-14)24-2)16(21)11-25-20(22)8-4-13-3-7-17-19(9-13)27-12-26-17/h3,5-7,9-10H,4,8,11-12H2,1-2H3. The minimum Gasteiger partial charge on any atom is -0.497 e. The van der Waals surface area contributed by atoms with Crippen molar-refractivity contribution in [1.29, 1.82) is 0 Å². The normalized spacial score (nSPS) is 11.8. The van der Waals surface area contributed by atoms with E-state index in [1.165, 1.54) is 14.2 Å². The first kappa shape index (κ1) is 18.6. The molecule has 0 fully saturated rings. The van der Waals surface area contributed by atoms with Crippen molar-refractivity contribution in [2.75, 3.05) is 27.6 Å². The van der Waals surface area contributed by atoms with Crippen LogP contribution in [0.25, 0.3) is 0 Å². The molecule has 142 valence electrons. The van der Waals surface area contributed by atoms with E-state index in [1.807, 2.05) is 18.2 Å². The summed E-state index contributed by atoms with van der Waals surface area (Å²) >= 11 is 0. The van der Waals surface area contributed by atoms with Crippen molar-refractivity contribution >= 4 is 11.8 Å². The van der Waals surface area contributed by atoms with Gasteiger partial charge < -0.3 is 23.7 Å². The van der Waals surface area contributed by atoms with Crippen LogP contribution in [-0.2, 0) is 16.0 Å². The number of ether oxygens (including phenoxy) is 5. The van der Waals surface area contributed by atoms with Crippen LogP contribution in [0.3, 0.4) is 0 Å². The average Bonchev–Trinajstić information content (AvgIpc) is 3.17. The largest absolute Gasteiger partial charge is 0.497 e. The number of rotatable bonds is 8. The summed E-state index contributed by atoms with van der Waals surface area (Å²) in [6.45, 7) is -0.138. The second kappa shape index (κ2) is 8.44. The third-order valence-corrected chi connectivity index (χ3v) is 4.13. The predicted octanol–water partition coefficient (Wildman–Crippen LogP) is 2.79. The van der Waals surface area contributed by atoms with E-state index in [-0.39, 0.29) is 25.6 Å². The molecule has 0 unspecified atom stereocenters. The molecule has 0 aliphatic carbocycles. The van der Waals surface area contributed by atoms with Gasteiger partial charge in [-0.1, -0.05) is 6.07 Å². The molecule has 7 heteroatoms. The van der Waals surface area contributed by atoms with Gasteiger partial charge in [-0.05, 0) is 36.2 Å². The summed E-state index contributed by atoms with van der Waals surface area (Å²) in [6, 6.07) is 10.4. The van der Waals surface area contributed by atoms with E-state index < -0.39 is 5.97 Å². The van der Waals surface area contributed by atoms with E-state index in [4.69, 9.17) is 23.7 Å². The molecule has 0 saturated heterocycles. The second-order valence-corrected chi connectivity index (χ2v) is 5.84. The molecule has 0 N–H and O–H groups in total. The van der Waals surface area contributed by atoms with E-state index in [1.54, 1.807) is 18.2 Å². The highest BCUT2D eigenvalue weighted by Gasteiger charge is 2.17. The van der Waals surface area contributed by atoms with E-state index in [0.717, 1.165) is 5.56 Å². The lowest BCUT2D eigenvalue weighted by atomic mass is 10.1. The van der Waals surface area contributed by atoms with Crippen LogP contribution in [0.15, 0.2) is 36.4 Å². The molecule has 0 atom stereocenters. The zero-order chi connectivity index (χ0) is 19.2. The number of hydrogen-bond donors (Lipinski definition) is 0. The number of ketones is 1. The van der Waals surface area contributed by atoms with Gasteiger partial charge in [-0.25, -0.2) is 0 Å². The van der Waals surface area contributed by atoms with Gasteiger partial charge in [0.05, 0.1) is 19.8 Å². The Morgan fingerprint density at radius 1 is 1.00 bits per heavy atom. The Balaban J connectivity index is 1.51. The molecule has 0 bridgehead atoms. The van der Waals surface area contributed by atoms with Gasteiger partial charge in [0.1, 0.15) is 11.5 Å². The molecule has 7 nitrogen and oxygen atoms in total. The first-order valence-electron chi connectivity index (χ1n) is 8.40. The van der Waals surface area contributed by atoms with Gasteiger partial charge in [0.25, 0.3) is 0 Å². The topological polar surface area (TPSA) is 80.3 Å². The van der Waals surface area contributed by atoms with Crippen molar-refractivity contribution in [3.63, 3.8) is 0 Å². The molecule has 2 aromatic rings. The Morgan fingerprint density at radius 2 is 1.81 bits per heavy atom. The lowest BCUT2D eigenvalue weighted by Gasteiger charge is -2.10. The first-order chi connectivity index (χ1) is 13.1. The number of hydrogen-bond acceptors (Lipinski definition) is 7. The zero-order valence-corrected chi connectivity index (χ0v) is 15.2. The third kappa shape index (κ3) is 4.49. The van der Waals surface area contributed by atoms with E-state index in [9.17, 15) is 9.59 Å². The maximum Gasteiger partial charge on any atom is 0.306 e. The van der Waals surface area contributed by atoms with Gasteiger partial charge in [0.15, 0.2) is 18.1 Å². The Morgan fingerprint density at radius 3 is 2.59 bits per heavy atom. The fraction of sp³-hybridized carbons (Fsp3) is 0.300. The number of aryl methyl sites for hydroxylation is 1. The van der Waals surface area contributed by atoms with Crippen molar-refractivity contribution in [3.05, 3.63) is 47.5 Å². The summed E-state index contributed by atoms with van der Waals surface area (Å²) in [5.41, 5.74) is 1.27. The van der Waals surface area contributed by atoms with Gasteiger partial charge in [0.2, 0.25) is 12.6 Å². The van der Waals surface area contributed by atoms with Gasteiger partial charge in [-0.15, -0.1) is 0 Å². The maximum atomic E-state index is 12.3. The zero-order valence-electron chi connectivity index (χ0n) is 15.2. The van der Waals surface area contributed by atoms with Crippen LogP contribution in [0.5, 0.6) is 23.0 Å². The van der Waals surface area contributed by atoms with Gasteiger partial charge in [-0.3, -0.25) is 9.59 Å². The number of benzene rings is 2. The summed E-state index contributed by atoms with van der Waals surface area (Å²) < 4.78 is 25.9. The van der Waals surface area contributed by atoms with Crippen molar-refractivity contribution in [2.45, 2.75) is 12.8 Å².